The molecule has 1 N–H and O–H groups in total. The molecule has 7 rings (SSSR count). The first-order valence-electron chi connectivity index (χ1n) is 14.3. The molecular formula is C31H30ClFN8O2. The van der Waals surface area contributed by atoms with Crippen molar-refractivity contribution in [2.45, 2.75) is 45.6 Å². The van der Waals surface area contributed by atoms with Crippen LogP contribution in [-0.4, -0.2) is 65.4 Å². The summed E-state index contributed by atoms with van der Waals surface area (Å²) >= 11 is 5.89. The molecule has 12 heteroatoms. The SMILES string of the molecule is Cc1nc(-c2cnc3c(c2)nc(CN2CC=C(c4cccnc4OCc4ccc(Cl)cc4F)CC2)n3C[C@@H]2CCO2)n[nH]1. The minimum Gasteiger partial charge on any atom is -0.472 e. The molecule has 1 fully saturated rings. The van der Waals surface area contributed by atoms with Gasteiger partial charge in [-0.25, -0.2) is 24.3 Å². The molecule has 10 nitrogen and oxygen atoms in total. The van der Waals surface area contributed by atoms with Crippen LogP contribution in [0.2, 0.25) is 5.02 Å². The fraction of sp³-hybridized carbons (Fsp3) is 0.323. The number of aryl methyl sites for hydroxylation is 1. The summed E-state index contributed by atoms with van der Waals surface area (Å²) in [6.45, 7) is 5.71. The van der Waals surface area contributed by atoms with Crippen molar-refractivity contribution in [1.29, 1.82) is 0 Å². The molecule has 1 aromatic carbocycles. The van der Waals surface area contributed by atoms with Crippen LogP contribution in [0.25, 0.3) is 28.1 Å². The minimum absolute atomic E-state index is 0.0684. The van der Waals surface area contributed by atoms with Gasteiger partial charge < -0.3 is 14.0 Å². The van der Waals surface area contributed by atoms with Crippen LogP contribution in [0.4, 0.5) is 4.39 Å². The second-order valence-corrected chi connectivity index (χ2v) is 11.3. The van der Waals surface area contributed by atoms with Crippen LogP contribution < -0.4 is 4.74 Å². The average Bonchev–Trinajstić information content (AvgIpc) is 3.57. The largest absolute Gasteiger partial charge is 0.472 e. The molecule has 0 radical (unpaired) electrons. The number of hydrogen-bond acceptors (Lipinski definition) is 8. The molecule has 0 aliphatic carbocycles. The maximum absolute atomic E-state index is 14.3. The Bertz CT molecular complexity index is 1810. The standard InChI is InChI=1S/C31H30ClFN8O2/c1-19-36-29(39-38-19)22-13-27-30(35-15-22)41(16-24-8-12-42-24)28(37-27)17-40-10-6-20(7-11-40)25-3-2-9-34-31(25)43-18-21-4-5-23(32)14-26(21)33/h2-6,9,13-15,24H,7-8,10-12,16-18H2,1H3,(H,36,38,39)/t24-/m0/s1. The number of pyridine rings is 2. The van der Waals surface area contributed by atoms with Crippen LogP contribution >= 0.6 is 11.6 Å². The third-order valence-electron chi connectivity index (χ3n) is 7.85. The highest BCUT2D eigenvalue weighted by Crippen LogP contribution is 2.31. The Hall–Kier alpha value is -4.19. The number of rotatable bonds is 9. The third-order valence-corrected chi connectivity index (χ3v) is 8.09. The van der Waals surface area contributed by atoms with Gasteiger partial charge in [-0.2, -0.15) is 5.10 Å². The highest BCUT2D eigenvalue weighted by atomic mass is 35.5. The molecule has 4 aromatic heterocycles. The van der Waals surface area contributed by atoms with Crippen molar-refractivity contribution in [3.63, 3.8) is 0 Å². The Labute approximate surface area is 252 Å². The molecule has 220 valence electrons. The monoisotopic (exact) mass is 600 g/mol. The van der Waals surface area contributed by atoms with Gasteiger partial charge in [0.2, 0.25) is 5.88 Å². The molecule has 0 bridgehead atoms. The number of imidazole rings is 1. The number of nitrogens with zero attached hydrogens (tertiary/aromatic N) is 7. The summed E-state index contributed by atoms with van der Waals surface area (Å²) < 4.78 is 28.2. The maximum Gasteiger partial charge on any atom is 0.221 e. The van der Waals surface area contributed by atoms with Crippen LogP contribution in [-0.2, 0) is 24.4 Å². The molecule has 2 aliphatic heterocycles. The van der Waals surface area contributed by atoms with Gasteiger partial charge in [-0.1, -0.05) is 23.7 Å². The molecule has 0 amide bonds. The van der Waals surface area contributed by atoms with Crippen molar-refractivity contribution < 1.29 is 13.9 Å². The van der Waals surface area contributed by atoms with Crippen LogP contribution in [0.1, 0.15) is 35.6 Å². The predicted molar refractivity (Wildman–Crippen MR) is 160 cm³/mol. The van der Waals surface area contributed by atoms with E-state index in [4.69, 9.17) is 31.0 Å². The molecule has 43 heavy (non-hydrogen) atoms. The summed E-state index contributed by atoms with van der Waals surface area (Å²) in [6, 6.07) is 10.5. The van der Waals surface area contributed by atoms with E-state index in [0.29, 0.717) is 28.8 Å². The van der Waals surface area contributed by atoms with E-state index in [0.717, 1.165) is 78.6 Å². The minimum atomic E-state index is -0.397. The summed E-state index contributed by atoms with van der Waals surface area (Å²) in [5.74, 6) is 2.40. The molecule has 5 aromatic rings. The lowest BCUT2D eigenvalue weighted by Crippen LogP contribution is -2.33. The molecule has 0 unspecified atom stereocenters. The summed E-state index contributed by atoms with van der Waals surface area (Å²) in [5, 5.41) is 7.52. The van der Waals surface area contributed by atoms with Gasteiger partial charge in [0, 0.05) is 53.8 Å². The highest BCUT2D eigenvalue weighted by Gasteiger charge is 2.25. The second-order valence-electron chi connectivity index (χ2n) is 10.8. The number of fused-ring (bicyclic) bond motifs is 1. The average molecular weight is 601 g/mol. The summed E-state index contributed by atoms with van der Waals surface area (Å²) in [4.78, 5) is 21.0. The number of benzene rings is 1. The number of ether oxygens (including phenoxy) is 2. The molecular weight excluding hydrogens is 571 g/mol. The number of aromatic amines is 1. The Balaban J connectivity index is 1.09. The predicted octanol–water partition coefficient (Wildman–Crippen LogP) is 5.37. The Kier molecular flexibility index (Phi) is 7.60. The van der Waals surface area contributed by atoms with Crippen molar-refractivity contribution in [3.05, 3.63) is 88.5 Å². The van der Waals surface area contributed by atoms with E-state index in [1.807, 2.05) is 25.1 Å². The Morgan fingerprint density at radius 2 is 2.09 bits per heavy atom. The lowest BCUT2D eigenvalue weighted by atomic mass is 10.0. The number of H-pyrrole nitrogens is 1. The number of hydrogen-bond donors (Lipinski definition) is 1. The topological polar surface area (TPSA) is 107 Å². The molecule has 0 spiro atoms. The third kappa shape index (κ3) is 5.88. The van der Waals surface area contributed by atoms with Crippen molar-refractivity contribution in [2.24, 2.45) is 0 Å². The first-order chi connectivity index (χ1) is 21.0. The van der Waals surface area contributed by atoms with E-state index in [9.17, 15) is 4.39 Å². The summed E-state index contributed by atoms with van der Waals surface area (Å²) in [6.07, 6.45) is 7.72. The van der Waals surface area contributed by atoms with Crippen LogP contribution in [0.5, 0.6) is 5.88 Å². The van der Waals surface area contributed by atoms with Crippen molar-refractivity contribution in [1.82, 2.24) is 39.6 Å². The van der Waals surface area contributed by atoms with E-state index in [1.165, 1.54) is 6.07 Å². The maximum atomic E-state index is 14.3. The number of aromatic nitrogens is 7. The number of halogens is 2. The summed E-state index contributed by atoms with van der Waals surface area (Å²) in [7, 11) is 0. The number of nitrogens with one attached hydrogen (secondary N) is 1. The van der Waals surface area contributed by atoms with Gasteiger partial charge in [0.05, 0.1) is 19.2 Å². The van der Waals surface area contributed by atoms with Crippen LogP contribution in [0.3, 0.4) is 0 Å². The van der Waals surface area contributed by atoms with Gasteiger partial charge in [-0.3, -0.25) is 10.00 Å². The first kappa shape index (κ1) is 27.6. The molecule has 0 saturated carbocycles. The molecule has 2 aliphatic rings. The van der Waals surface area contributed by atoms with Crippen molar-refractivity contribution in [3.8, 4) is 17.3 Å². The second kappa shape index (κ2) is 11.8. The first-order valence-corrected chi connectivity index (χ1v) is 14.7. The zero-order valence-electron chi connectivity index (χ0n) is 23.6. The lowest BCUT2D eigenvalue weighted by Gasteiger charge is -2.29. The van der Waals surface area contributed by atoms with Crippen LogP contribution in [0, 0.1) is 12.7 Å². The Morgan fingerprint density at radius 3 is 2.84 bits per heavy atom. The van der Waals surface area contributed by atoms with E-state index in [-0.39, 0.29) is 12.7 Å². The Morgan fingerprint density at radius 1 is 1.19 bits per heavy atom. The van der Waals surface area contributed by atoms with E-state index in [1.54, 1.807) is 24.5 Å². The van der Waals surface area contributed by atoms with Gasteiger partial charge in [0.15, 0.2) is 11.5 Å². The van der Waals surface area contributed by atoms with Gasteiger partial charge in [0.1, 0.15) is 29.6 Å². The molecule has 6 heterocycles. The van der Waals surface area contributed by atoms with Gasteiger partial charge >= 0.3 is 0 Å². The smallest absolute Gasteiger partial charge is 0.221 e. The fourth-order valence-electron chi connectivity index (χ4n) is 5.43. The van der Waals surface area contributed by atoms with Crippen LogP contribution in [0.15, 0.2) is 54.9 Å². The van der Waals surface area contributed by atoms with E-state index in [2.05, 4.69) is 35.7 Å². The van der Waals surface area contributed by atoms with Gasteiger partial charge in [-0.15, -0.1) is 0 Å². The van der Waals surface area contributed by atoms with E-state index >= 15 is 0 Å². The van der Waals surface area contributed by atoms with Gasteiger partial charge in [-0.05, 0) is 55.7 Å². The van der Waals surface area contributed by atoms with E-state index < -0.39 is 5.82 Å². The quantitative estimate of drug-likeness (QED) is 0.241. The fourth-order valence-corrected chi connectivity index (χ4v) is 5.59. The highest BCUT2D eigenvalue weighted by molar-refractivity contribution is 6.30. The lowest BCUT2D eigenvalue weighted by molar-refractivity contribution is -0.0592. The van der Waals surface area contributed by atoms with Gasteiger partial charge in [0.25, 0.3) is 0 Å². The molecule has 1 atom stereocenters. The zero-order chi connectivity index (χ0) is 29.3. The zero-order valence-corrected chi connectivity index (χ0v) is 24.4. The normalized spacial score (nSPS) is 17.2. The summed E-state index contributed by atoms with van der Waals surface area (Å²) in [5.41, 5.74) is 4.98. The van der Waals surface area contributed by atoms with Crippen molar-refractivity contribution >= 4 is 28.3 Å². The van der Waals surface area contributed by atoms with Crippen molar-refractivity contribution in [2.75, 3.05) is 19.7 Å². The molecule has 1 saturated heterocycles.